The molecular formula is C18H27ClN4O4S. The fourth-order valence-corrected chi connectivity index (χ4v) is 2.84. The van der Waals surface area contributed by atoms with Crippen molar-refractivity contribution in [3.05, 3.63) is 36.0 Å². The Kier molecular flexibility index (Phi) is 12.0. The molecule has 28 heavy (non-hydrogen) atoms. The lowest BCUT2D eigenvalue weighted by molar-refractivity contribution is -0.141. The van der Waals surface area contributed by atoms with Crippen molar-refractivity contribution in [1.82, 2.24) is 10.3 Å². The minimum Gasteiger partial charge on any atom is -0.480 e. The number of rotatable bonds is 8. The number of carboxylic acid groups (broad SMARTS) is 1. The summed E-state index contributed by atoms with van der Waals surface area (Å²) in [4.78, 5) is 35.4. The summed E-state index contributed by atoms with van der Waals surface area (Å²) in [5.74, 6) is -0.897. The summed E-state index contributed by atoms with van der Waals surface area (Å²) in [7, 11) is 0. The number of thioether (sulfide) groups is 1. The number of amides is 2. The zero-order chi connectivity index (χ0) is 20.4. The van der Waals surface area contributed by atoms with Gasteiger partial charge in [-0.2, -0.15) is 11.8 Å². The van der Waals surface area contributed by atoms with Gasteiger partial charge in [-0.15, -0.1) is 12.4 Å². The van der Waals surface area contributed by atoms with Crippen LogP contribution in [0.4, 0.5) is 0 Å². The van der Waals surface area contributed by atoms with Crippen LogP contribution in [-0.4, -0.2) is 52.0 Å². The van der Waals surface area contributed by atoms with Gasteiger partial charge < -0.3 is 26.9 Å². The molecule has 7 N–H and O–H groups in total. The van der Waals surface area contributed by atoms with Gasteiger partial charge in [0.05, 0.1) is 6.04 Å². The molecule has 0 saturated carbocycles. The summed E-state index contributed by atoms with van der Waals surface area (Å²) >= 11 is 1.66. The zero-order valence-electron chi connectivity index (χ0n) is 15.8. The number of carbonyl (C=O) groups is 3. The van der Waals surface area contributed by atoms with E-state index in [1.165, 1.54) is 6.92 Å². The highest BCUT2D eigenvalue weighted by molar-refractivity contribution is 7.98. The van der Waals surface area contributed by atoms with E-state index in [4.69, 9.17) is 16.6 Å². The summed E-state index contributed by atoms with van der Waals surface area (Å²) in [6.07, 6.45) is 4.69. The molecule has 2 atom stereocenters. The molecule has 1 heterocycles. The van der Waals surface area contributed by atoms with Crippen LogP contribution in [0, 0.1) is 0 Å². The van der Waals surface area contributed by atoms with E-state index in [2.05, 4.69) is 10.3 Å². The van der Waals surface area contributed by atoms with E-state index in [1.54, 1.807) is 18.0 Å². The number of carboxylic acids is 1. The van der Waals surface area contributed by atoms with Crippen molar-refractivity contribution in [2.75, 3.05) is 12.0 Å². The lowest BCUT2D eigenvalue weighted by Crippen LogP contribution is -2.41. The first kappa shape index (κ1) is 25.8. The van der Waals surface area contributed by atoms with Crippen molar-refractivity contribution in [2.45, 2.75) is 31.8 Å². The monoisotopic (exact) mass is 430 g/mol. The van der Waals surface area contributed by atoms with Gasteiger partial charge in [-0.3, -0.25) is 9.59 Å². The molecule has 1 aromatic heterocycles. The van der Waals surface area contributed by atoms with Crippen LogP contribution in [0.5, 0.6) is 0 Å². The number of aromatic nitrogens is 1. The van der Waals surface area contributed by atoms with Crippen molar-refractivity contribution >= 4 is 52.9 Å². The highest BCUT2D eigenvalue weighted by Gasteiger charge is 2.20. The van der Waals surface area contributed by atoms with Gasteiger partial charge in [-0.1, -0.05) is 18.2 Å². The Hall–Kier alpha value is -2.23. The summed E-state index contributed by atoms with van der Waals surface area (Å²) in [6.45, 7) is 1.31. The standard InChI is InChI=1S/C13H14N2O3.C5H12N2OS.ClH/c1-8(16)15-12(13(17)18)6-9-7-14-11-5-3-2-4-10(9)11;1-9-3-2-4(6)5(7)8;/h2-5,7,12,14H,6H2,1H3,(H,15,16)(H,17,18);4H,2-3,6H2,1H3,(H2,7,8);1H. The molecule has 0 saturated heterocycles. The quantitative estimate of drug-likeness (QED) is 0.425. The smallest absolute Gasteiger partial charge is 0.326 e. The average Bonchev–Trinajstić information content (AvgIpc) is 3.02. The minimum absolute atomic E-state index is 0. The number of nitrogens with one attached hydrogen (secondary N) is 2. The van der Waals surface area contributed by atoms with Gasteiger partial charge in [0, 0.05) is 30.4 Å². The number of carbonyl (C=O) groups excluding carboxylic acids is 2. The van der Waals surface area contributed by atoms with Crippen LogP contribution in [0.2, 0.25) is 0 Å². The van der Waals surface area contributed by atoms with E-state index in [0.29, 0.717) is 6.42 Å². The molecule has 1 aromatic carbocycles. The maximum atomic E-state index is 11.1. The molecular weight excluding hydrogens is 404 g/mol. The van der Waals surface area contributed by atoms with E-state index >= 15 is 0 Å². The lowest BCUT2D eigenvalue weighted by atomic mass is 10.1. The second kappa shape index (κ2) is 13.0. The van der Waals surface area contributed by atoms with Gasteiger partial charge in [0.2, 0.25) is 11.8 Å². The fraction of sp³-hybridized carbons (Fsp3) is 0.389. The Morgan fingerprint density at radius 3 is 2.46 bits per heavy atom. The third-order valence-corrected chi connectivity index (χ3v) is 4.42. The summed E-state index contributed by atoms with van der Waals surface area (Å²) in [6, 6.07) is 6.29. The SMILES string of the molecule is CC(=O)NC(Cc1c[nH]c2ccccc12)C(=O)O.CSCCC(N)C(N)=O.Cl. The number of nitrogens with two attached hydrogens (primary N) is 2. The van der Waals surface area contributed by atoms with Crippen LogP contribution in [0.15, 0.2) is 30.5 Å². The molecule has 0 radical (unpaired) electrons. The molecule has 156 valence electrons. The summed E-state index contributed by atoms with van der Waals surface area (Å²) < 4.78 is 0. The summed E-state index contributed by atoms with van der Waals surface area (Å²) in [5.41, 5.74) is 12.1. The van der Waals surface area contributed by atoms with Crippen LogP contribution < -0.4 is 16.8 Å². The number of hydrogen-bond acceptors (Lipinski definition) is 5. The van der Waals surface area contributed by atoms with Gasteiger partial charge in [-0.25, -0.2) is 4.79 Å². The Morgan fingerprint density at radius 1 is 1.29 bits per heavy atom. The fourth-order valence-electron chi connectivity index (χ4n) is 2.35. The third-order valence-electron chi connectivity index (χ3n) is 3.77. The molecule has 0 aliphatic rings. The highest BCUT2D eigenvalue weighted by Crippen LogP contribution is 2.19. The number of aromatic amines is 1. The Balaban J connectivity index is 0.000000627. The average molecular weight is 431 g/mol. The molecule has 10 heteroatoms. The van der Waals surface area contributed by atoms with Crippen LogP contribution in [-0.2, 0) is 20.8 Å². The van der Waals surface area contributed by atoms with E-state index in [0.717, 1.165) is 22.2 Å². The van der Waals surface area contributed by atoms with Crippen LogP contribution in [0.25, 0.3) is 10.9 Å². The normalized spacial score (nSPS) is 12.1. The third kappa shape index (κ3) is 8.64. The van der Waals surface area contributed by atoms with Gasteiger partial charge in [0.15, 0.2) is 0 Å². The molecule has 8 nitrogen and oxygen atoms in total. The molecule has 0 aliphatic heterocycles. The molecule has 0 fully saturated rings. The number of H-pyrrole nitrogens is 1. The molecule has 2 unspecified atom stereocenters. The maximum absolute atomic E-state index is 11.1. The predicted molar refractivity (Wildman–Crippen MR) is 115 cm³/mol. The molecule has 2 aromatic rings. The van der Waals surface area contributed by atoms with E-state index in [9.17, 15) is 14.4 Å². The second-order valence-corrected chi connectivity index (χ2v) is 6.93. The Morgan fingerprint density at radius 2 is 1.93 bits per heavy atom. The molecule has 0 bridgehead atoms. The Labute approximate surface area is 174 Å². The van der Waals surface area contributed by atoms with E-state index < -0.39 is 24.0 Å². The van der Waals surface area contributed by atoms with E-state index in [1.807, 2.05) is 30.5 Å². The van der Waals surface area contributed by atoms with Crippen molar-refractivity contribution in [2.24, 2.45) is 11.5 Å². The number of benzene rings is 1. The van der Waals surface area contributed by atoms with Crippen LogP contribution in [0.1, 0.15) is 18.9 Å². The van der Waals surface area contributed by atoms with E-state index in [-0.39, 0.29) is 24.7 Å². The second-order valence-electron chi connectivity index (χ2n) is 5.95. The number of fused-ring (bicyclic) bond motifs is 1. The van der Waals surface area contributed by atoms with Crippen molar-refractivity contribution < 1.29 is 19.5 Å². The van der Waals surface area contributed by atoms with Crippen LogP contribution in [0.3, 0.4) is 0 Å². The lowest BCUT2D eigenvalue weighted by Gasteiger charge is -2.12. The van der Waals surface area contributed by atoms with Gasteiger partial charge in [0.1, 0.15) is 6.04 Å². The number of aliphatic carboxylic acids is 1. The van der Waals surface area contributed by atoms with Crippen molar-refractivity contribution in [3.63, 3.8) is 0 Å². The number of primary amides is 1. The Bertz CT molecular complexity index is 784. The van der Waals surface area contributed by atoms with Crippen LogP contribution >= 0.6 is 24.2 Å². The minimum atomic E-state index is -1.03. The predicted octanol–water partition coefficient (Wildman–Crippen LogP) is 1.27. The van der Waals surface area contributed by atoms with Gasteiger partial charge in [0.25, 0.3) is 0 Å². The first-order chi connectivity index (χ1) is 12.8. The number of hydrogen-bond donors (Lipinski definition) is 5. The zero-order valence-corrected chi connectivity index (χ0v) is 17.4. The molecule has 0 aliphatic carbocycles. The first-order valence-corrected chi connectivity index (χ1v) is 9.74. The van der Waals surface area contributed by atoms with Crippen molar-refractivity contribution in [1.29, 1.82) is 0 Å². The highest BCUT2D eigenvalue weighted by atomic mass is 35.5. The first-order valence-electron chi connectivity index (χ1n) is 8.35. The topological polar surface area (TPSA) is 151 Å². The van der Waals surface area contributed by atoms with Gasteiger partial charge >= 0.3 is 5.97 Å². The molecule has 2 rings (SSSR count). The van der Waals surface area contributed by atoms with Gasteiger partial charge in [-0.05, 0) is 30.1 Å². The number of halogens is 1. The summed E-state index contributed by atoms with van der Waals surface area (Å²) in [5, 5.41) is 12.5. The largest absolute Gasteiger partial charge is 0.480 e. The molecule has 0 spiro atoms. The maximum Gasteiger partial charge on any atom is 0.326 e. The number of para-hydroxylation sites is 1. The van der Waals surface area contributed by atoms with Crippen molar-refractivity contribution in [3.8, 4) is 0 Å². The molecule has 2 amide bonds.